The highest BCUT2D eigenvalue weighted by atomic mass is 79.9. The zero-order valence-electron chi connectivity index (χ0n) is 11.5. The van der Waals surface area contributed by atoms with Gasteiger partial charge in [-0.3, -0.25) is 4.79 Å². The predicted octanol–water partition coefficient (Wildman–Crippen LogP) is 3.73. The molecule has 0 amide bonds. The van der Waals surface area contributed by atoms with Crippen LogP contribution in [0.1, 0.15) is 31.7 Å². The molecule has 0 saturated carbocycles. The molecule has 0 heterocycles. The molecule has 0 bridgehead atoms. The molecule has 1 unspecified atom stereocenters. The van der Waals surface area contributed by atoms with Crippen molar-refractivity contribution in [3.05, 3.63) is 29.8 Å². The van der Waals surface area contributed by atoms with Crippen molar-refractivity contribution in [3.63, 3.8) is 0 Å². The van der Waals surface area contributed by atoms with Gasteiger partial charge in [-0.2, -0.15) is 0 Å². The lowest BCUT2D eigenvalue weighted by Gasteiger charge is -2.09. The highest BCUT2D eigenvalue weighted by molar-refractivity contribution is 9.10. The van der Waals surface area contributed by atoms with E-state index < -0.39 is 0 Å². The summed E-state index contributed by atoms with van der Waals surface area (Å²) in [6, 6.07) is 8.02. The summed E-state index contributed by atoms with van der Waals surface area (Å²) in [5.41, 5.74) is 1.25. The van der Waals surface area contributed by atoms with Crippen LogP contribution in [0.25, 0.3) is 0 Å². The van der Waals surface area contributed by atoms with Crippen molar-refractivity contribution < 1.29 is 14.3 Å². The number of rotatable bonds is 8. The molecule has 0 saturated heterocycles. The third-order valence-electron chi connectivity index (χ3n) is 2.79. The zero-order chi connectivity index (χ0) is 14.1. The SMILES string of the molecule is CCCOC(=O)C(Br)CCCc1ccc(OC)cc1. The van der Waals surface area contributed by atoms with Crippen molar-refractivity contribution in [1.82, 2.24) is 0 Å². The summed E-state index contributed by atoms with van der Waals surface area (Å²) < 4.78 is 10.2. The lowest BCUT2D eigenvalue weighted by Crippen LogP contribution is -2.18. The number of alkyl halides is 1. The molecule has 0 aliphatic carbocycles. The summed E-state index contributed by atoms with van der Waals surface area (Å²) in [6.07, 6.45) is 3.54. The van der Waals surface area contributed by atoms with E-state index in [1.54, 1.807) is 7.11 Å². The number of esters is 1. The van der Waals surface area contributed by atoms with Crippen LogP contribution in [-0.4, -0.2) is 24.5 Å². The number of ether oxygens (including phenoxy) is 2. The van der Waals surface area contributed by atoms with Crippen LogP contribution in [0.2, 0.25) is 0 Å². The normalized spacial score (nSPS) is 11.9. The molecule has 0 fully saturated rings. The van der Waals surface area contributed by atoms with Gasteiger partial charge >= 0.3 is 5.97 Å². The Kier molecular flexibility index (Phi) is 7.56. The second-order valence-corrected chi connectivity index (χ2v) is 5.48. The van der Waals surface area contributed by atoms with E-state index in [-0.39, 0.29) is 10.8 Å². The molecule has 19 heavy (non-hydrogen) atoms. The lowest BCUT2D eigenvalue weighted by molar-refractivity contribution is -0.142. The first-order valence-electron chi connectivity index (χ1n) is 6.61. The highest BCUT2D eigenvalue weighted by Gasteiger charge is 2.15. The van der Waals surface area contributed by atoms with E-state index in [0.29, 0.717) is 6.61 Å². The van der Waals surface area contributed by atoms with Crippen LogP contribution < -0.4 is 4.74 Å². The van der Waals surface area contributed by atoms with Crippen LogP contribution in [0, 0.1) is 0 Å². The minimum atomic E-state index is -0.197. The minimum absolute atomic E-state index is 0.156. The first kappa shape index (κ1) is 16.0. The summed E-state index contributed by atoms with van der Waals surface area (Å²) in [7, 11) is 1.66. The van der Waals surface area contributed by atoms with Gasteiger partial charge in [-0.15, -0.1) is 0 Å². The number of halogens is 1. The topological polar surface area (TPSA) is 35.5 Å². The van der Waals surface area contributed by atoms with Crippen molar-refractivity contribution in [2.75, 3.05) is 13.7 Å². The highest BCUT2D eigenvalue weighted by Crippen LogP contribution is 2.16. The molecule has 1 aromatic carbocycles. The van der Waals surface area contributed by atoms with Gasteiger partial charge in [0.05, 0.1) is 13.7 Å². The number of hydrogen-bond acceptors (Lipinski definition) is 3. The Morgan fingerprint density at radius 3 is 2.58 bits per heavy atom. The van der Waals surface area contributed by atoms with E-state index in [1.807, 2.05) is 19.1 Å². The van der Waals surface area contributed by atoms with Crippen LogP contribution in [0.4, 0.5) is 0 Å². The Hall–Kier alpha value is -1.03. The third kappa shape index (κ3) is 6.10. The smallest absolute Gasteiger partial charge is 0.319 e. The van der Waals surface area contributed by atoms with Crippen molar-refractivity contribution in [2.24, 2.45) is 0 Å². The molecule has 0 aliphatic heterocycles. The van der Waals surface area contributed by atoms with E-state index in [2.05, 4.69) is 28.1 Å². The number of benzene rings is 1. The Labute approximate surface area is 123 Å². The summed E-state index contributed by atoms with van der Waals surface area (Å²) in [5.74, 6) is 0.710. The van der Waals surface area contributed by atoms with E-state index in [1.165, 1.54) is 5.56 Å². The molecular formula is C15H21BrO3. The lowest BCUT2D eigenvalue weighted by atomic mass is 10.1. The van der Waals surface area contributed by atoms with Crippen LogP contribution >= 0.6 is 15.9 Å². The summed E-state index contributed by atoms with van der Waals surface area (Å²) >= 11 is 3.38. The summed E-state index contributed by atoms with van der Waals surface area (Å²) in [4.78, 5) is 11.3. The average molecular weight is 329 g/mol. The molecule has 1 atom stereocenters. The third-order valence-corrected chi connectivity index (χ3v) is 3.62. The first-order chi connectivity index (χ1) is 9.17. The van der Waals surface area contributed by atoms with Crippen molar-refractivity contribution >= 4 is 21.9 Å². The van der Waals surface area contributed by atoms with Crippen LogP contribution in [0.15, 0.2) is 24.3 Å². The number of carbonyl (C=O) groups excluding carboxylic acids is 1. The maximum absolute atomic E-state index is 11.5. The Bertz CT molecular complexity index is 375. The maximum Gasteiger partial charge on any atom is 0.319 e. The average Bonchev–Trinajstić information content (AvgIpc) is 2.45. The summed E-state index contributed by atoms with van der Waals surface area (Å²) in [5, 5.41) is 0. The van der Waals surface area contributed by atoms with Gasteiger partial charge in [0.15, 0.2) is 0 Å². The van der Waals surface area contributed by atoms with Gasteiger partial charge in [0.25, 0.3) is 0 Å². The Balaban J connectivity index is 2.26. The van der Waals surface area contributed by atoms with Crippen LogP contribution in [0.5, 0.6) is 5.75 Å². The monoisotopic (exact) mass is 328 g/mol. The predicted molar refractivity (Wildman–Crippen MR) is 79.9 cm³/mol. The van der Waals surface area contributed by atoms with Gasteiger partial charge in [0, 0.05) is 0 Å². The molecule has 0 aromatic heterocycles. The number of aryl methyl sites for hydroxylation is 1. The number of carbonyl (C=O) groups is 1. The molecule has 106 valence electrons. The van der Waals surface area contributed by atoms with E-state index in [4.69, 9.17) is 9.47 Å². The van der Waals surface area contributed by atoms with Gasteiger partial charge < -0.3 is 9.47 Å². The molecule has 1 aromatic rings. The molecule has 0 spiro atoms. The molecular weight excluding hydrogens is 308 g/mol. The molecule has 0 radical (unpaired) electrons. The van der Waals surface area contributed by atoms with Crippen molar-refractivity contribution in [2.45, 2.75) is 37.4 Å². The van der Waals surface area contributed by atoms with Crippen LogP contribution in [0.3, 0.4) is 0 Å². The molecule has 4 heteroatoms. The van der Waals surface area contributed by atoms with Gasteiger partial charge in [0.1, 0.15) is 10.6 Å². The van der Waals surface area contributed by atoms with E-state index in [9.17, 15) is 4.79 Å². The Morgan fingerprint density at radius 2 is 2.00 bits per heavy atom. The summed E-state index contributed by atoms with van der Waals surface area (Å²) in [6.45, 7) is 2.49. The van der Waals surface area contributed by atoms with Crippen LogP contribution in [-0.2, 0) is 16.0 Å². The second-order valence-electron chi connectivity index (χ2n) is 4.38. The maximum atomic E-state index is 11.5. The molecule has 3 nitrogen and oxygen atoms in total. The fourth-order valence-electron chi connectivity index (χ4n) is 1.69. The molecule has 0 aliphatic rings. The molecule has 1 rings (SSSR count). The van der Waals surface area contributed by atoms with Crippen molar-refractivity contribution in [3.8, 4) is 5.75 Å². The van der Waals surface area contributed by atoms with Gasteiger partial charge in [-0.05, 0) is 43.4 Å². The van der Waals surface area contributed by atoms with E-state index >= 15 is 0 Å². The number of hydrogen-bond donors (Lipinski definition) is 0. The standard InChI is InChI=1S/C15H21BrO3/c1-3-11-19-15(17)14(16)6-4-5-12-7-9-13(18-2)10-8-12/h7-10,14H,3-6,11H2,1-2H3. The molecule has 0 N–H and O–H groups in total. The van der Waals surface area contributed by atoms with Gasteiger partial charge in [0.2, 0.25) is 0 Å². The van der Waals surface area contributed by atoms with E-state index in [0.717, 1.165) is 31.4 Å². The minimum Gasteiger partial charge on any atom is -0.497 e. The first-order valence-corrected chi connectivity index (χ1v) is 7.52. The zero-order valence-corrected chi connectivity index (χ0v) is 13.1. The quantitative estimate of drug-likeness (QED) is 0.538. The Morgan fingerprint density at radius 1 is 1.32 bits per heavy atom. The largest absolute Gasteiger partial charge is 0.497 e. The second kappa shape index (κ2) is 8.97. The van der Waals surface area contributed by atoms with Crippen molar-refractivity contribution in [1.29, 1.82) is 0 Å². The fourth-order valence-corrected chi connectivity index (χ4v) is 2.14. The van der Waals surface area contributed by atoms with Gasteiger partial charge in [-0.25, -0.2) is 0 Å². The van der Waals surface area contributed by atoms with Gasteiger partial charge in [-0.1, -0.05) is 35.0 Å². The number of methoxy groups -OCH3 is 1. The fraction of sp³-hybridized carbons (Fsp3) is 0.533.